The second-order valence-corrected chi connectivity index (χ2v) is 8.91. The fraction of sp³-hybridized carbons (Fsp3) is 0.200. The van der Waals surface area contributed by atoms with Gasteiger partial charge in [0, 0.05) is 25.7 Å². The van der Waals surface area contributed by atoms with Crippen LogP contribution < -0.4 is 10.1 Å². The van der Waals surface area contributed by atoms with Gasteiger partial charge < -0.3 is 14.6 Å². The number of imidazole rings is 1. The van der Waals surface area contributed by atoms with Gasteiger partial charge in [-0.15, -0.1) is 0 Å². The van der Waals surface area contributed by atoms with Crippen LogP contribution in [0, 0.1) is 0 Å². The predicted molar refractivity (Wildman–Crippen MR) is 110 cm³/mol. The predicted octanol–water partition coefficient (Wildman–Crippen LogP) is 3.01. The Kier molecular flexibility index (Phi) is 5.95. The van der Waals surface area contributed by atoms with E-state index in [4.69, 9.17) is 16.3 Å². The fourth-order valence-corrected chi connectivity index (χ4v) is 3.72. The normalized spacial score (nSPS) is 12.4. The molecule has 3 rings (SSSR count). The molecule has 152 valence electrons. The zero-order chi connectivity index (χ0) is 21.2. The van der Waals surface area contributed by atoms with Crippen LogP contribution in [-0.2, 0) is 16.9 Å². The molecule has 1 aromatic heterocycles. The van der Waals surface area contributed by atoms with E-state index in [0.717, 1.165) is 11.8 Å². The summed E-state index contributed by atoms with van der Waals surface area (Å²) in [7, 11) is -0.0880. The van der Waals surface area contributed by atoms with Gasteiger partial charge in [0.25, 0.3) is 5.91 Å². The molecule has 0 aliphatic heterocycles. The monoisotopic (exact) mass is 433 g/mol. The molecule has 0 bridgehead atoms. The minimum Gasteiger partial charge on any atom is -0.497 e. The molecule has 7 nitrogen and oxygen atoms in total. The van der Waals surface area contributed by atoms with E-state index < -0.39 is 21.8 Å². The minimum absolute atomic E-state index is 0.0186. The van der Waals surface area contributed by atoms with Gasteiger partial charge >= 0.3 is 0 Å². The topological polar surface area (TPSA) is 90.3 Å². The number of rotatable bonds is 6. The van der Waals surface area contributed by atoms with Crippen LogP contribution in [-0.4, -0.2) is 37.2 Å². The number of nitrogens with zero attached hydrogens (tertiary/aromatic N) is 2. The molecule has 0 saturated heterocycles. The molecular weight excluding hydrogens is 414 g/mol. The summed E-state index contributed by atoms with van der Waals surface area (Å²) >= 11 is 6.17. The first-order chi connectivity index (χ1) is 13.7. The van der Waals surface area contributed by atoms with Crippen LogP contribution in [0.15, 0.2) is 59.8 Å². The van der Waals surface area contributed by atoms with Gasteiger partial charge in [-0.2, -0.15) is 0 Å². The highest BCUT2D eigenvalue weighted by Crippen LogP contribution is 2.26. The number of amides is 1. The van der Waals surface area contributed by atoms with Gasteiger partial charge in [0.1, 0.15) is 17.6 Å². The van der Waals surface area contributed by atoms with Crippen molar-refractivity contribution in [3.63, 3.8) is 0 Å². The third-order valence-electron chi connectivity index (χ3n) is 4.45. The quantitative estimate of drug-likeness (QED) is 0.645. The Bertz CT molecular complexity index is 1140. The van der Waals surface area contributed by atoms with Gasteiger partial charge in [-0.05, 0) is 35.9 Å². The lowest BCUT2D eigenvalue weighted by Crippen LogP contribution is -2.31. The van der Waals surface area contributed by atoms with Crippen LogP contribution in [0.1, 0.15) is 27.8 Å². The van der Waals surface area contributed by atoms with Crippen molar-refractivity contribution in [2.75, 3.05) is 13.4 Å². The summed E-state index contributed by atoms with van der Waals surface area (Å²) in [5, 5.41) is 3.06. The van der Waals surface area contributed by atoms with E-state index in [0.29, 0.717) is 11.6 Å². The number of carbonyl (C=O) groups excluding carboxylic acids is 1. The van der Waals surface area contributed by atoms with Crippen LogP contribution in [0.2, 0.25) is 5.02 Å². The number of benzene rings is 2. The van der Waals surface area contributed by atoms with Crippen molar-refractivity contribution >= 4 is 27.3 Å². The van der Waals surface area contributed by atoms with Crippen LogP contribution in [0.4, 0.5) is 0 Å². The van der Waals surface area contributed by atoms with Crippen molar-refractivity contribution in [1.82, 2.24) is 14.9 Å². The van der Waals surface area contributed by atoms with Crippen molar-refractivity contribution < 1.29 is 17.9 Å². The molecule has 0 aliphatic carbocycles. The Hall–Kier alpha value is -2.84. The van der Waals surface area contributed by atoms with Gasteiger partial charge in [0.05, 0.1) is 22.6 Å². The number of hydrogen-bond donors (Lipinski definition) is 1. The zero-order valence-electron chi connectivity index (χ0n) is 16.1. The minimum atomic E-state index is -3.48. The Labute approximate surface area is 174 Å². The van der Waals surface area contributed by atoms with Crippen molar-refractivity contribution in [1.29, 1.82) is 0 Å². The number of sulfone groups is 1. The van der Waals surface area contributed by atoms with E-state index in [9.17, 15) is 13.2 Å². The van der Waals surface area contributed by atoms with Gasteiger partial charge in [0.2, 0.25) is 0 Å². The van der Waals surface area contributed by atoms with Crippen molar-refractivity contribution in [2.45, 2.75) is 10.9 Å². The van der Waals surface area contributed by atoms with E-state index >= 15 is 0 Å². The average molecular weight is 434 g/mol. The summed E-state index contributed by atoms with van der Waals surface area (Å²) in [4.78, 5) is 17.4. The molecule has 0 aliphatic rings. The summed E-state index contributed by atoms with van der Waals surface area (Å²) < 4.78 is 30.7. The molecular formula is C20H20ClN3O4S. The lowest BCUT2D eigenvalue weighted by molar-refractivity contribution is 0.0941. The first-order valence-corrected chi connectivity index (χ1v) is 10.9. The molecule has 0 fully saturated rings. The maximum absolute atomic E-state index is 13.0. The van der Waals surface area contributed by atoms with Crippen molar-refractivity contribution in [2.24, 2.45) is 7.05 Å². The standard InChI is InChI=1S/C20H20ClN3O4S/c1-24-11-10-22-19(24)18(13-4-6-14(28-2)7-5-13)23-20(25)16-12-15(29(3,26)27)8-9-17(16)21/h4-12,18H,1-3H3,(H,23,25). The molecule has 1 heterocycles. The first kappa shape index (κ1) is 20.9. The average Bonchev–Trinajstić information content (AvgIpc) is 3.11. The Morgan fingerprint density at radius 1 is 1.21 bits per heavy atom. The maximum Gasteiger partial charge on any atom is 0.253 e. The van der Waals surface area contributed by atoms with Gasteiger partial charge in [-0.3, -0.25) is 4.79 Å². The Morgan fingerprint density at radius 3 is 2.45 bits per heavy atom. The number of methoxy groups -OCH3 is 1. The van der Waals surface area contributed by atoms with Crippen LogP contribution >= 0.6 is 11.6 Å². The summed E-state index contributed by atoms with van der Waals surface area (Å²) in [5.74, 6) is 0.783. The lowest BCUT2D eigenvalue weighted by Gasteiger charge is -2.20. The fourth-order valence-electron chi connectivity index (χ4n) is 2.87. The SMILES string of the molecule is COc1ccc(C(NC(=O)c2cc(S(C)(=O)=O)ccc2Cl)c2nccn2C)cc1. The number of aromatic nitrogens is 2. The highest BCUT2D eigenvalue weighted by atomic mass is 35.5. The molecule has 0 radical (unpaired) electrons. The summed E-state index contributed by atoms with van der Waals surface area (Å²) in [6, 6.07) is 10.7. The number of hydrogen-bond acceptors (Lipinski definition) is 5. The maximum atomic E-state index is 13.0. The van der Waals surface area contributed by atoms with Gasteiger partial charge in [-0.1, -0.05) is 23.7 Å². The second-order valence-electron chi connectivity index (χ2n) is 6.49. The second kappa shape index (κ2) is 8.26. The highest BCUT2D eigenvalue weighted by Gasteiger charge is 2.23. The molecule has 1 unspecified atom stereocenters. The summed E-state index contributed by atoms with van der Waals surface area (Å²) in [6.45, 7) is 0. The van der Waals surface area contributed by atoms with Gasteiger partial charge in [-0.25, -0.2) is 13.4 Å². The number of carbonyl (C=O) groups is 1. The van der Waals surface area contributed by atoms with Crippen LogP contribution in [0.25, 0.3) is 0 Å². The first-order valence-electron chi connectivity index (χ1n) is 8.62. The highest BCUT2D eigenvalue weighted by molar-refractivity contribution is 7.90. The number of aryl methyl sites for hydroxylation is 1. The molecule has 1 amide bonds. The molecule has 9 heteroatoms. The summed E-state index contributed by atoms with van der Waals surface area (Å²) in [5.41, 5.74) is 0.853. The molecule has 0 spiro atoms. The van der Waals surface area contributed by atoms with E-state index in [2.05, 4.69) is 10.3 Å². The third-order valence-corrected chi connectivity index (χ3v) is 5.89. The largest absolute Gasteiger partial charge is 0.497 e. The van der Waals surface area contributed by atoms with E-state index in [-0.39, 0.29) is 15.5 Å². The van der Waals surface area contributed by atoms with Crippen molar-refractivity contribution in [3.8, 4) is 5.75 Å². The molecule has 0 saturated carbocycles. The van der Waals surface area contributed by atoms with E-state index in [1.807, 2.05) is 19.2 Å². The van der Waals surface area contributed by atoms with Gasteiger partial charge in [0.15, 0.2) is 9.84 Å². The summed E-state index contributed by atoms with van der Waals surface area (Å²) in [6.07, 6.45) is 4.48. The Balaban J connectivity index is 2.00. The molecule has 1 atom stereocenters. The van der Waals surface area contributed by atoms with E-state index in [1.54, 1.807) is 36.2 Å². The van der Waals surface area contributed by atoms with Crippen molar-refractivity contribution in [3.05, 3.63) is 76.8 Å². The molecule has 3 aromatic rings. The van der Waals surface area contributed by atoms with Crippen LogP contribution in [0.3, 0.4) is 0 Å². The number of nitrogens with one attached hydrogen (secondary N) is 1. The number of halogens is 1. The number of ether oxygens (including phenoxy) is 1. The van der Waals surface area contributed by atoms with Crippen LogP contribution in [0.5, 0.6) is 5.75 Å². The third kappa shape index (κ3) is 4.60. The lowest BCUT2D eigenvalue weighted by atomic mass is 10.0. The zero-order valence-corrected chi connectivity index (χ0v) is 17.7. The molecule has 1 N–H and O–H groups in total. The smallest absolute Gasteiger partial charge is 0.253 e. The van der Waals surface area contributed by atoms with E-state index in [1.165, 1.54) is 18.2 Å². The molecule has 29 heavy (non-hydrogen) atoms. The molecule has 2 aromatic carbocycles. The Morgan fingerprint density at radius 2 is 1.90 bits per heavy atom.